The maximum Gasteiger partial charge on any atom is 0.338 e. The molecular formula is C18H20N2O6S. The summed E-state index contributed by atoms with van der Waals surface area (Å²) in [6, 6.07) is 9.21. The van der Waals surface area contributed by atoms with Gasteiger partial charge in [-0.15, -0.1) is 0 Å². The molecule has 0 heterocycles. The third-order valence-corrected chi connectivity index (χ3v) is 4.75. The second kappa shape index (κ2) is 8.19. The molecule has 27 heavy (non-hydrogen) atoms. The number of nitrogens with one attached hydrogen (secondary N) is 1. The number of nitrogens with two attached hydrogens (primary N) is 1. The van der Waals surface area contributed by atoms with Gasteiger partial charge in [-0.2, -0.15) is 0 Å². The first kappa shape index (κ1) is 20.4. The zero-order chi connectivity index (χ0) is 20.2. The summed E-state index contributed by atoms with van der Waals surface area (Å²) in [6.07, 6.45) is 0. The van der Waals surface area contributed by atoms with Crippen molar-refractivity contribution in [3.05, 3.63) is 53.1 Å². The van der Waals surface area contributed by atoms with Crippen molar-refractivity contribution in [3.63, 3.8) is 0 Å². The monoisotopic (exact) mass is 392 g/mol. The number of hydrogen-bond acceptors (Lipinski definition) is 6. The Morgan fingerprint density at radius 2 is 1.81 bits per heavy atom. The van der Waals surface area contributed by atoms with E-state index in [0.29, 0.717) is 17.0 Å². The van der Waals surface area contributed by atoms with Crippen LogP contribution in [0, 0.1) is 13.8 Å². The van der Waals surface area contributed by atoms with E-state index in [4.69, 9.17) is 14.6 Å². The minimum Gasteiger partial charge on any atom is -0.495 e. The van der Waals surface area contributed by atoms with Crippen LogP contribution in [0.15, 0.2) is 41.3 Å². The summed E-state index contributed by atoms with van der Waals surface area (Å²) >= 11 is 0. The number of methoxy groups -OCH3 is 1. The van der Waals surface area contributed by atoms with Crippen LogP contribution in [0.1, 0.15) is 21.5 Å². The first-order valence-electron chi connectivity index (χ1n) is 7.87. The van der Waals surface area contributed by atoms with Gasteiger partial charge >= 0.3 is 5.97 Å². The molecule has 0 unspecified atom stereocenters. The number of aryl methyl sites for hydroxylation is 2. The number of anilines is 1. The number of esters is 1. The third kappa shape index (κ3) is 5.28. The lowest BCUT2D eigenvalue weighted by Crippen LogP contribution is -2.21. The van der Waals surface area contributed by atoms with Crippen molar-refractivity contribution in [1.82, 2.24) is 0 Å². The average Bonchev–Trinajstić information content (AvgIpc) is 2.59. The van der Waals surface area contributed by atoms with Gasteiger partial charge in [0, 0.05) is 0 Å². The van der Waals surface area contributed by atoms with E-state index in [2.05, 4.69) is 5.32 Å². The minimum absolute atomic E-state index is 0.0226. The number of hydrogen-bond donors (Lipinski definition) is 2. The van der Waals surface area contributed by atoms with Gasteiger partial charge in [-0.3, -0.25) is 4.79 Å². The maximum atomic E-state index is 12.1. The first-order valence-corrected chi connectivity index (χ1v) is 9.41. The Labute approximate surface area is 157 Å². The minimum atomic E-state index is -3.97. The predicted molar refractivity (Wildman–Crippen MR) is 99.2 cm³/mol. The zero-order valence-electron chi connectivity index (χ0n) is 15.1. The number of carbonyl (C=O) groups is 2. The fourth-order valence-electron chi connectivity index (χ4n) is 2.35. The molecule has 0 spiro atoms. The molecular weight excluding hydrogens is 372 g/mol. The molecule has 0 aliphatic carbocycles. The molecule has 0 aliphatic rings. The van der Waals surface area contributed by atoms with Crippen LogP contribution < -0.4 is 15.2 Å². The van der Waals surface area contributed by atoms with E-state index < -0.39 is 28.5 Å². The lowest BCUT2D eigenvalue weighted by Gasteiger charge is -2.11. The molecule has 0 radical (unpaired) electrons. The topological polar surface area (TPSA) is 125 Å². The third-order valence-electron chi connectivity index (χ3n) is 3.69. The van der Waals surface area contributed by atoms with Crippen LogP contribution in [0.4, 0.5) is 5.69 Å². The van der Waals surface area contributed by atoms with Crippen molar-refractivity contribution in [1.29, 1.82) is 0 Å². The van der Waals surface area contributed by atoms with Gasteiger partial charge in [0.1, 0.15) is 5.75 Å². The van der Waals surface area contributed by atoms with Crippen molar-refractivity contribution < 1.29 is 27.5 Å². The highest BCUT2D eigenvalue weighted by Gasteiger charge is 2.17. The quantitative estimate of drug-likeness (QED) is 0.722. The van der Waals surface area contributed by atoms with Crippen molar-refractivity contribution in [3.8, 4) is 5.75 Å². The van der Waals surface area contributed by atoms with Gasteiger partial charge in [0.2, 0.25) is 10.0 Å². The van der Waals surface area contributed by atoms with Crippen LogP contribution in [-0.4, -0.2) is 34.0 Å². The predicted octanol–water partition coefficient (Wildman–Crippen LogP) is 1.75. The van der Waals surface area contributed by atoms with E-state index in [1.165, 1.54) is 19.2 Å². The van der Waals surface area contributed by atoms with Crippen LogP contribution in [0.3, 0.4) is 0 Å². The molecule has 0 aromatic heterocycles. The Balaban J connectivity index is 2.06. The molecule has 2 aromatic carbocycles. The summed E-state index contributed by atoms with van der Waals surface area (Å²) in [7, 11) is -2.50. The molecule has 9 heteroatoms. The molecule has 2 aromatic rings. The summed E-state index contributed by atoms with van der Waals surface area (Å²) in [5, 5.41) is 7.72. The van der Waals surface area contributed by atoms with E-state index in [-0.39, 0.29) is 10.5 Å². The fraction of sp³-hybridized carbons (Fsp3) is 0.222. The van der Waals surface area contributed by atoms with Crippen LogP contribution in [0.5, 0.6) is 5.75 Å². The highest BCUT2D eigenvalue weighted by molar-refractivity contribution is 7.89. The lowest BCUT2D eigenvalue weighted by molar-refractivity contribution is -0.119. The number of sulfonamides is 1. The van der Waals surface area contributed by atoms with E-state index in [1.807, 2.05) is 13.0 Å². The van der Waals surface area contributed by atoms with E-state index >= 15 is 0 Å². The molecule has 144 valence electrons. The number of primary sulfonamides is 1. The van der Waals surface area contributed by atoms with Crippen LogP contribution in [-0.2, 0) is 19.6 Å². The molecule has 0 saturated carbocycles. The Morgan fingerprint density at radius 3 is 2.44 bits per heavy atom. The Bertz CT molecular complexity index is 985. The summed E-state index contributed by atoms with van der Waals surface area (Å²) in [6.45, 7) is 2.86. The summed E-state index contributed by atoms with van der Waals surface area (Å²) in [5.74, 6) is -0.936. The molecule has 8 nitrogen and oxygen atoms in total. The lowest BCUT2D eigenvalue weighted by atomic mass is 10.1. The highest BCUT2D eigenvalue weighted by atomic mass is 32.2. The van der Waals surface area contributed by atoms with Gasteiger partial charge in [0.25, 0.3) is 5.91 Å². The summed E-state index contributed by atoms with van der Waals surface area (Å²) in [5.41, 5.74) is 1.74. The molecule has 2 rings (SSSR count). The zero-order valence-corrected chi connectivity index (χ0v) is 15.9. The summed E-state index contributed by atoms with van der Waals surface area (Å²) < 4.78 is 33.2. The van der Waals surface area contributed by atoms with Gasteiger partial charge in [-0.1, -0.05) is 12.1 Å². The number of amides is 1. The second-order valence-corrected chi connectivity index (χ2v) is 7.38. The van der Waals surface area contributed by atoms with Crippen LogP contribution >= 0.6 is 0 Å². The normalized spacial score (nSPS) is 11.0. The van der Waals surface area contributed by atoms with Gasteiger partial charge in [-0.05, 0) is 49.2 Å². The molecule has 0 fully saturated rings. The van der Waals surface area contributed by atoms with Crippen molar-refractivity contribution in [2.45, 2.75) is 18.7 Å². The van der Waals surface area contributed by atoms with Gasteiger partial charge in [0.05, 0.1) is 23.3 Å². The highest BCUT2D eigenvalue weighted by Crippen LogP contribution is 2.25. The number of ether oxygens (including phenoxy) is 2. The molecule has 0 aliphatic heterocycles. The Hall–Kier alpha value is -2.91. The van der Waals surface area contributed by atoms with Gasteiger partial charge < -0.3 is 14.8 Å². The fourth-order valence-corrected chi connectivity index (χ4v) is 3.16. The SMILES string of the molecule is COc1ccc(C)cc1NC(=O)COC(=O)c1ccc(C)c(S(N)(=O)=O)c1. The average molecular weight is 392 g/mol. The molecule has 0 saturated heterocycles. The van der Waals surface area contributed by atoms with Gasteiger partial charge in [-0.25, -0.2) is 18.4 Å². The summed E-state index contributed by atoms with van der Waals surface area (Å²) in [4.78, 5) is 24.0. The number of rotatable bonds is 6. The molecule has 1 amide bonds. The molecule has 3 N–H and O–H groups in total. The van der Waals surface area contributed by atoms with Crippen molar-refractivity contribution in [2.75, 3.05) is 19.0 Å². The molecule has 0 bridgehead atoms. The molecule has 0 atom stereocenters. The second-order valence-electron chi connectivity index (χ2n) is 5.85. The maximum absolute atomic E-state index is 12.1. The van der Waals surface area contributed by atoms with E-state index in [9.17, 15) is 18.0 Å². The van der Waals surface area contributed by atoms with E-state index in [0.717, 1.165) is 11.6 Å². The Morgan fingerprint density at radius 1 is 1.11 bits per heavy atom. The van der Waals surface area contributed by atoms with Crippen molar-refractivity contribution >= 4 is 27.6 Å². The van der Waals surface area contributed by atoms with Crippen LogP contribution in [0.25, 0.3) is 0 Å². The smallest absolute Gasteiger partial charge is 0.338 e. The standard InChI is InChI=1S/C18H20N2O6S/c1-11-4-7-15(25-3)14(8-11)20-17(21)10-26-18(22)13-6-5-12(2)16(9-13)27(19,23)24/h4-9H,10H2,1-3H3,(H,20,21)(H2,19,23,24). The van der Waals surface area contributed by atoms with Crippen molar-refractivity contribution in [2.24, 2.45) is 5.14 Å². The van der Waals surface area contributed by atoms with Gasteiger partial charge in [0.15, 0.2) is 6.61 Å². The number of carbonyl (C=O) groups excluding carboxylic acids is 2. The van der Waals surface area contributed by atoms with Crippen LogP contribution in [0.2, 0.25) is 0 Å². The van der Waals surface area contributed by atoms with E-state index in [1.54, 1.807) is 19.1 Å². The number of benzene rings is 2. The Kier molecular flexibility index (Phi) is 6.19. The first-order chi connectivity index (χ1) is 12.6. The largest absolute Gasteiger partial charge is 0.495 e.